The number of nitrogens with zero attached hydrogens (tertiary/aromatic N) is 4. The van der Waals surface area contributed by atoms with Gasteiger partial charge >= 0.3 is 11.9 Å². The van der Waals surface area contributed by atoms with Gasteiger partial charge in [-0.1, -0.05) is 17.3 Å². The molecule has 0 aliphatic heterocycles. The van der Waals surface area contributed by atoms with Crippen molar-refractivity contribution in [2.75, 3.05) is 20.8 Å². The smallest absolute Gasteiger partial charge is 0.328 e. The molecular formula is C18H21AgN5O6. The van der Waals surface area contributed by atoms with Crippen LogP contribution >= 0.6 is 0 Å². The Balaban J connectivity index is 0.00000450. The third-order valence-corrected chi connectivity index (χ3v) is 3.74. The zero-order chi connectivity index (χ0) is 21.2. The molecule has 165 valence electrons. The molecule has 30 heavy (non-hydrogen) atoms. The van der Waals surface area contributed by atoms with Crippen molar-refractivity contribution < 1.29 is 51.3 Å². The van der Waals surface area contributed by atoms with Crippen LogP contribution < -0.4 is 5.32 Å². The number of hydrogen-bond acceptors (Lipinski definition) is 9. The molecule has 0 fully saturated rings. The average Bonchev–Trinajstić information content (AvgIpc) is 3.18. The van der Waals surface area contributed by atoms with Gasteiger partial charge in [0, 0.05) is 35.1 Å². The summed E-state index contributed by atoms with van der Waals surface area (Å²) in [6.07, 6.45) is 3.00. The summed E-state index contributed by atoms with van der Waals surface area (Å²) in [5.41, 5.74) is 0.636. The summed E-state index contributed by atoms with van der Waals surface area (Å²) in [6.45, 7) is 0.0334. The maximum Gasteiger partial charge on any atom is 0.328 e. The molecule has 0 saturated heterocycles. The molecule has 1 unspecified atom stereocenters. The number of esters is 2. The van der Waals surface area contributed by atoms with Crippen molar-refractivity contribution in [3.8, 4) is 5.75 Å². The zero-order valence-corrected chi connectivity index (χ0v) is 17.7. The number of phenolic OH excluding ortho intramolecular Hbond substituents is 1. The Hall–Kier alpha value is -3.02. The Morgan fingerprint density at radius 3 is 2.73 bits per heavy atom. The van der Waals surface area contributed by atoms with Gasteiger partial charge in [0.05, 0.1) is 20.4 Å². The molecule has 1 heterocycles. The van der Waals surface area contributed by atoms with E-state index in [0.717, 1.165) is 4.68 Å². The summed E-state index contributed by atoms with van der Waals surface area (Å²) in [7, 11) is 2.45. The maximum absolute atomic E-state index is 12.3. The molecule has 2 rings (SSSR count). The second-order valence-electron chi connectivity index (χ2n) is 5.85. The van der Waals surface area contributed by atoms with Gasteiger partial charge in [-0.2, -0.15) is 0 Å². The minimum Gasteiger partial charge on any atom is -0.508 e. The monoisotopic (exact) mass is 510 g/mol. The van der Waals surface area contributed by atoms with E-state index in [1.54, 1.807) is 30.5 Å². The number of carbonyl (C=O) groups is 3. The summed E-state index contributed by atoms with van der Waals surface area (Å²) >= 11 is 0. The van der Waals surface area contributed by atoms with Crippen LogP contribution in [-0.4, -0.2) is 71.0 Å². The topological polar surface area (TPSA) is 145 Å². The first-order valence-electron chi connectivity index (χ1n) is 8.57. The Kier molecular flexibility index (Phi) is 10.4. The summed E-state index contributed by atoms with van der Waals surface area (Å²) in [5.74, 6) is -1.70. The molecule has 1 amide bonds. The minimum atomic E-state index is -0.945. The van der Waals surface area contributed by atoms with E-state index < -0.39 is 23.9 Å². The molecule has 11 nitrogen and oxygen atoms in total. The van der Waals surface area contributed by atoms with Crippen LogP contribution in [0.4, 0.5) is 0 Å². The van der Waals surface area contributed by atoms with Gasteiger partial charge in [0.25, 0.3) is 5.91 Å². The van der Waals surface area contributed by atoms with Gasteiger partial charge in [0.2, 0.25) is 0 Å². The summed E-state index contributed by atoms with van der Waals surface area (Å²) in [6, 6.07) is 5.59. The van der Waals surface area contributed by atoms with Crippen LogP contribution in [-0.2, 0) is 48.0 Å². The third-order valence-electron chi connectivity index (χ3n) is 3.74. The van der Waals surface area contributed by atoms with Crippen molar-refractivity contribution in [2.24, 2.45) is 4.99 Å². The van der Waals surface area contributed by atoms with Gasteiger partial charge in [-0.3, -0.25) is 14.6 Å². The fourth-order valence-electron chi connectivity index (χ4n) is 2.28. The number of carbonyl (C=O) groups excluding carboxylic acids is 3. The van der Waals surface area contributed by atoms with Crippen molar-refractivity contribution in [3.63, 3.8) is 0 Å². The van der Waals surface area contributed by atoms with Crippen molar-refractivity contribution in [1.29, 1.82) is 0 Å². The largest absolute Gasteiger partial charge is 0.508 e. The van der Waals surface area contributed by atoms with Crippen LogP contribution in [0.2, 0.25) is 0 Å². The van der Waals surface area contributed by atoms with Crippen LogP contribution in [0.3, 0.4) is 0 Å². The van der Waals surface area contributed by atoms with E-state index in [1.807, 2.05) is 0 Å². The van der Waals surface area contributed by atoms with E-state index in [1.165, 1.54) is 20.4 Å². The minimum absolute atomic E-state index is 0. The van der Waals surface area contributed by atoms with Gasteiger partial charge in [-0.15, -0.1) is 5.10 Å². The Labute approximate surface area is 188 Å². The van der Waals surface area contributed by atoms with Crippen molar-refractivity contribution in [3.05, 3.63) is 41.7 Å². The van der Waals surface area contributed by atoms with Crippen molar-refractivity contribution >= 4 is 24.1 Å². The second kappa shape index (κ2) is 12.5. The molecule has 1 radical (unpaired) electrons. The van der Waals surface area contributed by atoms with Crippen molar-refractivity contribution in [2.45, 2.75) is 19.0 Å². The Bertz CT molecular complexity index is 901. The van der Waals surface area contributed by atoms with Gasteiger partial charge in [0.15, 0.2) is 5.69 Å². The van der Waals surface area contributed by atoms with E-state index in [4.69, 9.17) is 4.74 Å². The quantitative estimate of drug-likeness (QED) is 0.271. The summed E-state index contributed by atoms with van der Waals surface area (Å²) < 4.78 is 10.4. The second-order valence-corrected chi connectivity index (χ2v) is 5.85. The molecule has 1 aromatic heterocycles. The van der Waals surface area contributed by atoms with Crippen LogP contribution in [0.15, 0.2) is 35.5 Å². The van der Waals surface area contributed by atoms with Gasteiger partial charge in [0.1, 0.15) is 18.3 Å². The zero-order valence-electron chi connectivity index (χ0n) is 16.2. The number of aliphatic imine (C=N–C) groups is 1. The molecule has 0 aliphatic rings. The molecular weight excluding hydrogens is 490 g/mol. The van der Waals surface area contributed by atoms with Crippen LogP contribution in [0, 0.1) is 0 Å². The number of rotatable bonds is 9. The number of nitrogens with one attached hydrogen (secondary N) is 1. The molecule has 2 N–H and O–H groups in total. The normalized spacial score (nSPS) is 11.4. The molecule has 2 aromatic rings. The van der Waals surface area contributed by atoms with Gasteiger partial charge < -0.3 is 19.9 Å². The van der Waals surface area contributed by atoms with Gasteiger partial charge in [-0.05, 0) is 24.1 Å². The number of aromatic hydroxyl groups is 1. The SMILES string of the molecule is COC(=O)Cn1cc(C(=O)NC(CC/N=C/c2cccc(O)c2)C(=O)OC)nn1.[Ag]. The molecule has 0 aliphatic carbocycles. The van der Waals surface area contributed by atoms with Gasteiger partial charge in [-0.25, -0.2) is 9.48 Å². The van der Waals surface area contributed by atoms with E-state index in [9.17, 15) is 19.5 Å². The Morgan fingerprint density at radius 1 is 1.30 bits per heavy atom. The number of methoxy groups -OCH3 is 2. The van der Waals surface area contributed by atoms with E-state index in [0.29, 0.717) is 5.56 Å². The predicted molar refractivity (Wildman–Crippen MR) is 100 cm³/mol. The summed E-state index contributed by atoms with van der Waals surface area (Å²) in [4.78, 5) is 39.7. The third kappa shape index (κ3) is 7.78. The number of phenols is 1. The van der Waals surface area contributed by atoms with Crippen molar-refractivity contribution in [1.82, 2.24) is 20.3 Å². The fourth-order valence-corrected chi connectivity index (χ4v) is 2.28. The molecule has 0 spiro atoms. The van der Waals surface area contributed by atoms with Crippen LogP contribution in [0.5, 0.6) is 5.75 Å². The fraction of sp³-hybridized carbons (Fsp3) is 0.333. The first-order valence-corrected chi connectivity index (χ1v) is 8.57. The van der Waals surface area contributed by atoms with E-state index in [2.05, 4.69) is 25.4 Å². The molecule has 0 bridgehead atoms. The summed E-state index contributed by atoms with van der Waals surface area (Å²) in [5, 5.41) is 19.3. The van der Waals surface area contributed by atoms with Crippen LogP contribution in [0.1, 0.15) is 22.5 Å². The molecule has 1 aromatic carbocycles. The standard InChI is InChI=1S/C18H21N5O6.Ag/c1-28-16(25)11-23-10-15(21-22-23)17(26)20-14(18(27)29-2)6-7-19-9-12-4-3-5-13(24)8-12;/h3-5,8-10,14,24H,6-7,11H2,1-2H3,(H,20,26);/b19-9+;. The molecule has 0 saturated carbocycles. The number of benzene rings is 1. The Morgan fingerprint density at radius 2 is 2.07 bits per heavy atom. The first kappa shape index (κ1) is 25.0. The molecule has 1 atom stereocenters. The maximum atomic E-state index is 12.3. The molecule has 12 heteroatoms. The van der Waals surface area contributed by atoms with E-state index in [-0.39, 0.29) is 53.3 Å². The average molecular weight is 511 g/mol. The predicted octanol–water partition coefficient (Wildman–Crippen LogP) is -0.0652. The number of hydrogen-bond donors (Lipinski definition) is 2. The first-order chi connectivity index (χ1) is 13.9. The number of amides is 1. The number of ether oxygens (including phenoxy) is 2. The van der Waals surface area contributed by atoms with Crippen LogP contribution in [0.25, 0.3) is 0 Å². The van der Waals surface area contributed by atoms with E-state index >= 15 is 0 Å². The number of aromatic nitrogens is 3.